The van der Waals surface area contributed by atoms with Gasteiger partial charge in [-0.25, -0.2) is 0 Å². The van der Waals surface area contributed by atoms with E-state index in [9.17, 15) is 4.57 Å². The van der Waals surface area contributed by atoms with Gasteiger partial charge in [-0.1, -0.05) is 6.07 Å². The van der Waals surface area contributed by atoms with Crippen molar-refractivity contribution < 1.29 is 18.9 Å². The molecule has 4 nitrogen and oxygen atoms in total. The molecular formula is C8H8O4P+. The van der Waals surface area contributed by atoms with Crippen LogP contribution in [0.1, 0.15) is 5.56 Å². The fraction of sp³-hybridized carbons (Fsp3) is 0.250. The maximum Gasteiger partial charge on any atom is 0.510 e. The van der Waals surface area contributed by atoms with Gasteiger partial charge < -0.3 is 9.47 Å². The van der Waals surface area contributed by atoms with Crippen molar-refractivity contribution in [3.63, 3.8) is 0 Å². The summed E-state index contributed by atoms with van der Waals surface area (Å²) < 4.78 is 20.8. The Hall–Kier alpha value is -1.12. The fourth-order valence-electron chi connectivity index (χ4n) is 1.20. The van der Waals surface area contributed by atoms with Gasteiger partial charge in [-0.2, -0.15) is 4.89 Å². The first-order valence-corrected chi connectivity index (χ1v) is 5.17. The molecule has 0 amide bonds. The van der Waals surface area contributed by atoms with Crippen LogP contribution in [0.5, 0.6) is 11.5 Å². The third kappa shape index (κ3) is 1.79. The smallest absolute Gasteiger partial charge is 0.454 e. The van der Waals surface area contributed by atoms with Crippen molar-refractivity contribution in [3.05, 3.63) is 23.8 Å². The van der Waals surface area contributed by atoms with E-state index in [2.05, 4.69) is 0 Å². The number of rotatable bonds is 2. The molecule has 1 aromatic rings. The lowest BCUT2D eigenvalue weighted by molar-refractivity contribution is 0.174. The molecule has 0 saturated carbocycles. The summed E-state index contributed by atoms with van der Waals surface area (Å²) in [7, 11) is -2.13. The van der Waals surface area contributed by atoms with Gasteiger partial charge >= 0.3 is 8.03 Å². The highest BCUT2D eigenvalue weighted by Crippen LogP contribution is 2.34. The molecule has 1 unspecified atom stereocenters. The quantitative estimate of drug-likeness (QED) is 0.735. The zero-order chi connectivity index (χ0) is 9.26. The number of hydrogen-bond donors (Lipinski definition) is 1. The highest BCUT2D eigenvalue weighted by Gasteiger charge is 2.17. The Morgan fingerprint density at radius 1 is 1.38 bits per heavy atom. The highest BCUT2D eigenvalue weighted by atomic mass is 31.1. The van der Waals surface area contributed by atoms with Crippen LogP contribution in [0.25, 0.3) is 0 Å². The van der Waals surface area contributed by atoms with Crippen LogP contribution in [0, 0.1) is 0 Å². The van der Waals surface area contributed by atoms with E-state index in [1.54, 1.807) is 18.2 Å². The molecule has 0 bridgehead atoms. The van der Waals surface area contributed by atoms with Crippen molar-refractivity contribution in [1.82, 2.24) is 0 Å². The lowest BCUT2D eigenvalue weighted by Gasteiger charge is -1.95. The van der Waals surface area contributed by atoms with Crippen molar-refractivity contribution in [2.75, 3.05) is 6.79 Å². The molecule has 68 valence electrons. The second-order valence-corrected chi connectivity index (χ2v) is 3.72. The molecule has 1 heterocycles. The van der Waals surface area contributed by atoms with E-state index in [4.69, 9.17) is 14.4 Å². The molecule has 5 heteroatoms. The Kier molecular flexibility index (Phi) is 2.17. The van der Waals surface area contributed by atoms with Crippen LogP contribution < -0.4 is 9.47 Å². The van der Waals surface area contributed by atoms with E-state index in [0.717, 1.165) is 5.56 Å². The molecule has 0 saturated heterocycles. The van der Waals surface area contributed by atoms with E-state index in [1.165, 1.54) is 0 Å². The molecule has 1 atom stereocenters. The van der Waals surface area contributed by atoms with Gasteiger partial charge in [0.25, 0.3) is 0 Å². The Morgan fingerprint density at radius 3 is 2.92 bits per heavy atom. The van der Waals surface area contributed by atoms with Crippen molar-refractivity contribution in [3.8, 4) is 11.5 Å². The van der Waals surface area contributed by atoms with E-state index in [0.29, 0.717) is 11.5 Å². The van der Waals surface area contributed by atoms with E-state index in [-0.39, 0.29) is 13.0 Å². The largest absolute Gasteiger partial charge is 0.510 e. The molecule has 0 aliphatic carbocycles. The number of fused-ring (bicyclic) bond motifs is 1. The Bertz CT molecular complexity index is 350. The molecule has 0 spiro atoms. The minimum absolute atomic E-state index is 0.159. The SMILES string of the molecule is O=[P+](O)Cc1ccc2c(c1)OCO2. The summed E-state index contributed by atoms with van der Waals surface area (Å²) in [4.78, 5) is 8.69. The second-order valence-electron chi connectivity index (χ2n) is 2.70. The normalized spacial score (nSPS) is 14.4. The Morgan fingerprint density at radius 2 is 2.15 bits per heavy atom. The zero-order valence-electron chi connectivity index (χ0n) is 6.77. The zero-order valence-corrected chi connectivity index (χ0v) is 7.66. The lowest BCUT2D eigenvalue weighted by Crippen LogP contribution is -1.92. The van der Waals surface area contributed by atoms with Crippen LogP contribution >= 0.6 is 8.03 Å². The van der Waals surface area contributed by atoms with Crippen LogP contribution in [-0.4, -0.2) is 11.7 Å². The molecule has 0 aromatic heterocycles. The number of ether oxygens (including phenoxy) is 2. The maximum atomic E-state index is 10.5. The minimum Gasteiger partial charge on any atom is -0.454 e. The molecule has 1 N–H and O–H groups in total. The summed E-state index contributed by atoms with van der Waals surface area (Å²) in [5.41, 5.74) is 0.785. The standard InChI is InChI=1S/C8H7O4P/c9-13(10)4-6-1-2-7-8(3-6)12-5-11-7/h1-3H,4-5H2/p+1. The van der Waals surface area contributed by atoms with Crippen LogP contribution in [0.4, 0.5) is 0 Å². The predicted molar refractivity (Wildman–Crippen MR) is 46.1 cm³/mol. The first-order valence-electron chi connectivity index (χ1n) is 3.78. The fourth-order valence-corrected chi connectivity index (χ4v) is 1.70. The van der Waals surface area contributed by atoms with E-state index < -0.39 is 8.03 Å². The van der Waals surface area contributed by atoms with Crippen molar-refractivity contribution in [2.24, 2.45) is 0 Å². The van der Waals surface area contributed by atoms with Gasteiger partial charge in [0.2, 0.25) is 13.0 Å². The number of benzene rings is 1. The van der Waals surface area contributed by atoms with Crippen molar-refractivity contribution in [2.45, 2.75) is 6.16 Å². The van der Waals surface area contributed by atoms with Crippen molar-refractivity contribution >= 4 is 8.03 Å². The molecule has 1 aliphatic heterocycles. The maximum absolute atomic E-state index is 10.5. The summed E-state index contributed by atoms with van der Waals surface area (Å²) in [6.45, 7) is 0.226. The molecular weight excluding hydrogens is 191 g/mol. The monoisotopic (exact) mass is 199 g/mol. The van der Waals surface area contributed by atoms with Crippen LogP contribution in [-0.2, 0) is 10.7 Å². The van der Waals surface area contributed by atoms with Gasteiger partial charge in [0, 0.05) is 5.56 Å². The molecule has 0 fully saturated rings. The van der Waals surface area contributed by atoms with Gasteiger partial charge in [-0.3, -0.25) is 0 Å². The summed E-state index contributed by atoms with van der Waals surface area (Å²) in [5, 5.41) is 0. The van der Waals surface area contributed by atoms with Gasteiger partial charge in [-0.15, -0.1) is 0 Å². The average Bonchev–Trinajstić information content (AvgIpc) is 2.49. The first kappa shape index (κ1) is 8.48. The summed E-state index contributed by atoms with van der Waals surface area (Å²) in [6, 6.07) is 5.24. The molecule has 1 aliphatic rings. The Labute approximate surface area is 76.0 Å². The van der Waals surface area contributed by atoms with Crippen LogP contribution in [0.3, 0.4) is 0 Å². The number of hydrogen-bond acceptors (Lipinski definition) is 3. The molecule has 1 aromatic carbocycles. The summed E-state index contributed by atoms with van der Waals surface area (Å²) in [5.74, 6) is 1.34. The van der Waals surface area contributed by atoms with Crippen LogP contribution in [0.15, 0.2) is 18.2 Å². The van der Waals surface area contributed by atoms with Gasteiger partial charge in [-0.05, 0) is 16.7 Å². The molecule has 2 rings (SSSR count). The highest BCUT2D eigenvalue weighted by molar-refractivity contribution is 7.37. The first-order chi connectivity index (χ1) is 6.25. The van der Waals surface area contributed by atoms with Gasteiger partial charge in [0.1, 0.15) is 0 Å². The minimum atomic E-state index is -2.13. The lowest BCUT2D eigenvalue weighted by atomic mass is 10.2. The summed E-state index contributed by atoms with van der Waals surface area (Å²) >= 11 is 0. The predicted octanol–water partition coefficient (Wildman–Crippen LogP) is 1.65. The van der Waals surface area contributed by atoms with E-state index >= 15 is 0 Å². The molecule has 13 heavy (non-hydrogen) atoms. The third-order valence-corrected chi connectivity index (χ3v) is 2.39. The topological polar surface area (TPSA) is 55.8 Å². The van der Waals surface area contributed by atoms with Gasteiger partial charge in [0.15, 0.2) is 11.5 Å². The second kappa shape index (κ2) is 3.32. The van der Waals surface area contributed by atoms with Crippen LogP contribution in [0.2, 0.25) is 0 Å². The van der Waals surface area contributed by atoms with Gasteiger partial charge in [0.05, 0.1) is 0 Å². The average molecular weight is 199 g/mol. The van der Waals surface area contributed by atoms with E-state index in [1.807, 2.05) is 0 Å². The third-order valence-electron chi connectivity index (χ3n) is 1.75. The molecule has 0 radical (unpaired) electrons. The summed E-state index contributed by atoms with van der Waals surface area (Å²) in [6.07, 6.45) is 0.159. The van der Waals surface area contributed by atoms with Crippen molar-refractivity contribution in [1.29, 1.82) is 0 Å². The Balaban J connectivity index is 2.25.